The van der Waals surface area contributed by atoms with Crippen LogP contribution in [0.3, 0.4) is 0 Å². The van der Waals surface area contributed by atoms with Crippen molar-refractivity contribution < 1.29 is 13.3 Å². The number of rotatable bonds is 5. The number of anilines is 1. The molecular weight excluding hydrogens is 448 g/mol. The van der Waals surface area contributed by atoms with Crippen LogP contribution in [0.5, 0.6) is 0 Å². The summed E-state index contributed by atoms with van der Waals surface area (Å²) in [5, 5.41) is 13.8. The van der Waals surface area contributed by atoms with E-state index in [1.54, 1.807) is 0 Å². The second kappa shape index (κ2) is 8.31. The van der Waals surface area contributed by atoms with Crippen molar-refractivity contribution in [3.05, 3.63) is 69.0 Å². The summed E-state index contributed by atoms with van der Waals surface area (Å²) in [6, 6.07) is 13.4. The first-order chi connectivity index (χ1) is 14.4. The van der Waals surface area contributed by atoms with Gasteiger partial charge in [0.1, 0.15) is 5.02 Å². The first kappa shape index (κ1) is 20.7. The molecule has 1 fully saturated rings. The van der Waals surface area contributed by atoms with Crippen molar-refractivity contribution in [3.63, 3.8) is 0 Å². The summed E-state index contributed by atoms with van der Waals surface area (Å²) in [5.74, 6) is 0. The molecule has 0 amide bonds. The Morgan fingerprint density at radius 2 is 1.77 bits per heavy atom. The van der Waals surface area contributed by atoms with Crippen LogP contribution in [0.2, 0.25) is 5.02 Å². The fraction of sp³-hybridized carbons (Fsp3) is 0.211. The number of hydrogen-bond donors (Lipinski definition) is 0. The van der Waals surface area contributed by atoms with Crippen LogP contribution in [0.25, 0.3) is 11.3 Å². The van der Waals surface area contributed by atoms with E-state index >= 15 is 0 Å². The molecule has 11 heteroatoms. The van der Waals surface area contributed by atoms with Crippen LogP contribution in [0.1, 0.15) is 0 Å². The van der Waals surface area contributed by atoms with E-state index in [1.165, 1.54) is 27.8 Å². The van der Waals surface area contributed by atoms with E-state index in [4.69, 9.17) is 11.6 Å². The molecule has 0 atom stereocenters. The SMILES string of the molecule is O=[N+]([O-])c1cc(S(=O)(=O)N2CCN(c3nc(-c4ccccc4)cs3)CC2)ccc1Cl. The number of piperazine rings is 1. The van der Waals surface area contributed by atoms with Gasteiger partial charge in [-0.05, 0) is 12.1 Å². The molecule has 0 aliphatic carbocycles. The second-order valence-electron chi connectivity index (χ2n) is 6.64. The lowest BCUT2D eigenvalue weighted by atomic mass is 10.2. The zero-order valence-corrected chi connectivity index (χ0v) is 18.0. The van der Waals surface area contributed by atoms with Crippen LogP contribution in [-0.2, 0) is 10.0 Å². The number of nitrogens with zero attached hydrogens (tertiary/aromatic N) is 4. The summed E-state index contributed by atoms with van der Waals surface area (Å²) in [7, 11) is -3.85. The highest BCUT2D eigenvalue weighted by Crippen LogP contribution is 2.31. The molecule has 0 radical (unpaired) electrons. The molecule has 0 saturated carbocycles. The second-order valence-corrected chi connectivity index (χ2v) is 9.82. The first-order valence-electron chi connectivity index (χ1n) is 9.06. The maximum absolute atomic E-state index is 12.9. The molecule has 1 saturated heterocycles. The number of sulfonamides is 1. The molecule has 1 aliphatic rings. The Kier molecular flexibility index (Phi) is 5.74. The van der Waals surface area contributed by atoms with Crippen LogP contribution in [-0.4, -0.2) is 48.8 Å². The lowest BCUT2D eigenvalue weighted by Gasteiger charge is -2.33. The monoisotopic (exact) mass is 464 g/mol. The van der Waals surface area contributed by atoms with Crippen molar-refractivity contribution in [2.45, 2.75) is 4.90 Å². The standard InChI is InChI=1S/C19H17ClN4O4S2/c20-16-7-6-15(12-18(16)24(25)26)30(27,28)23-10-8-22(9-11-23)19-21-17(13-29-19)14-4-2-1-3-5-14/h1-7,12-13H,8-11H2. The molecule has 2 heterocycles. The number of aromatic nitrogens is 1. The Morgan fingerprint density at radius 3 is 2.43 bits per heavy atom. The smallest absolute Gasteiger partial charge is 0.289 e. The van der Waals surface area contributed by atoms with Gasteiger partial charge in [0, 0.05) is 43.2 Å². The fourth-order valence-electron chi connectivity index (χ4n) is 3.21. The van der Waals surface area contributed by atoms with Gasteiger partial charge >= 0.3 is 0 Å². The Hall–Kier alpha value is -2.53. The molecule has 30 heavy (non-hydrogen) atoms. The molecule has 0 spiro atoms. The summed E-state index contributed by atoms with van der Waals surface area (Å²) in [6.07, 6.45) is 0. The zero-order valence-electron chi connectivity index (χ0n) is 15.6. The molecule has 1 aromatic heterocycles. The van der Waals surface area contributed by atoms with Gasteiger partial charge in [-0.2, -0.15) is 4.31 Å². The Bertz CT molecular complexity index is 1180. The van der Waals surface area contributed by atoms with Gasteiger partial charge in [0.15, 0.2) is 5.13 Å². The topological polar surface area (TPSA) is 96.6 Å². The maximum atomic E-state index is 12.9. The van der Waals surface area contributed by atoms with E-state index < -0.39 is 20.6 Å². The Labute approximate surface area is 182 Å². The first-order valence-corrected chi connectivity index (χ1v) is 11.8. The molecule has 156 valence electrons. The van der Waals surface area contributed by atoms with Gasteiger partial charge in [-0.25, -0.2) is 13.4 Å². The number of nitro groups is 1. The van der Waals surface area contributed by atoms with Gasteiger partial charge in [0.05, 0.1) is 15.5 Å². The van der Waals surface area contributed by atoms with Crippen molar-refractivity contribution in [1.82, 2.24) is 9.29 Å². The lowest BCUT2D eigenvalue weighted by molar-refractivity contribution is -0.384. The maximum Gasteiger partial charge on any atom is 0.289 e. The van der Waals surface area contributed by atoms with E-state index in [0.717, 1.165) is 22.5 Å². The average molecular weight is 465 g/mol. The minimum Gasteiger partial charge on any atom is -0.345 e. The summed E-state index contributed by atoms with van der Waals surface area (Å²) in [6.45, 7) is 1.49. The molecule has 0 bridgehead atoms. The van der Waals surface area contributed by atoms with E-state index in [0.29, 0.717) is 13.1 Å². The molecule has 2 aromatic carbocycles. The Balaban J connectivity index is 1.47. The van der Waals surface area contributed by atoms with Crippen molar-refractivity contribution in [2.75, 3.05) is 31.1 Å². The quantitative estimate of drug-likeness (QED) is 0.420. The average Bonchev–Trinajstić information content (AvgIpc) is 3.25. The fourth-order valence-corrected chi connectivity index (χ4v) is 5.73. The van der Waals surface area contributed by atoms with Crippen molar-refractivity contribution in [3.8, 4) is 11.3 Å². The summed E-state index contributed by atoms with van der Waals surface area (Å²) in [4.78, 5) is 17.0. The van der Waals surface area contributed by atoms with Crippen LogP contribution >= 0.6 is 22.9 Å². The minimum absolute atomic E-state index is 0.0956. The Morgan fingerprint density at radius 1 is 1.07 bits per heavy atom. The normalized spacial score (nSPS) is 15.3. The van der Waals surface area contributed by atoms with Crippen molar-refractivity contribution >= 4 is 43.8 Å². The number of halogens is 1. The van der Waals surface area contributed by atoms with Gasteiger partial charge < -0.3 is 4.90 Å². The van der Waals surface area contributed by atoms with Crippen LogP contribution in [0, 0.1) is 10.1 Å². The molecule has 3 aromatic rings. The lowest BCUT2D eigenvalue weighted by Crippen LogP contribution is -2.48. The van der Waals surface area contributed by atoms with Crippen LogP contribution in [0.4, 0.5) is 10.8 Å². The van der Waals surface area contributed by atoms with Gasteiger partial charge in [-0.15, -0.1) is 11.3 Å². The molecule has 0 unspecified atom stereocenters. The van der Waals surface area contributed by atoms with E-state index in [9.17, 15) is 18.5 Å². The van der Waals surface area contributed by atoms with Gasteiger partial charge in [-0.1, -0.05) is 41.9 Å². The molecule has 8 nitrogen and oxygen atoms in total. The van der Waals surface area contributed by atoms with E-state index in [-0.39, 0.29) is 23.0 Å². The number of nitro benzene ring substituents is 1. The van der Waals surface area contributed by atoms with Crippen LogP contribution in [0.15, 0.2) is 58.8 Å². The van der Waals surface area contributed by atoms with Crippen LogP contribution < -0.4 is 4.90 Å². The third-order valence-corrected chi connectivity index (χ3v) is 7.94. The van der Waals surface area contributed by atoms with Gasteiger partial charge in [-0.3, -0.25) is 10.1 Å². The summed E-state index contributed by atoms with van der Waals surface area (Å²) >= 11 is 7.32. The molecule has 4 rings (SSSR count). The number of benzene rings is 2. The minimum atomic E-state index is -3.85. The molecule has 0 N–H and O–H groups in total. The highest BCUT2D eigenvalue weighted by molar-refractivity contribution is 7.89. The summed E-state index contributed by atoms with van der Waals surface area (Å²) < 4.78 is 27.2. The van der Waals surface area contributed by atoms with Crippen molar-refractivity contribution in [1.29, 1.82) is 0 Å². The third-order valence-electron chi connectivity index (χ3n) is 4.82. The van der Waals surface area contributed by atoms with Gasteiger partial charge in [0.25, 0.3) is 5.69 Å². The highest BCUT2D eigenvalue weighted by Gasteiger charge is 2.31. The van der Waals surface area contributed by atoms with Crippen molar-refractivity contribution in [2.24, 2.45) is 0 Å². The number of hydrogen-bond acceptors (Lipinski definition) is 7. The largest absolute Gasteiger partial charge is 0.345 e. The predicted octanol–water partition coefficient (Wildman–Crippen LogP) is 3.88. The van der Waals surface area contributed by atoms with E-state index in [1.807, 2.05) is 40.6 Å². The number of thiazole rings is 1. The molecular formula is C19H17ClN4O4S2. The zero-order chi connectivity index (χ0) is 21.3. The van der Waals surface area contributed by atoms with Gasteiger partial charge in [0.2, 0.25) is 10.0 Å². The van der Waals surface area contributed by atoms with E-state index in [2.05, 4.69) is 4.98 Å². The predicted molar refractivity (Wildman–Crippen MR) is 117 cm³/mol. The third kappa shape index (κ3) is 4.04. The molecule has 1 aliphatic heterocycles. The highest BCUT2D eigenvalue weighted by atomic mass is 35.5. The summed E-state index contributed by atoms with van der Waals surface area (Å²) in [5.41, 5.74) is 1.50.